The van der Waals surface area contributed by atoms with Crippen LogP contribution < -0.4 is 5.63 Å². The second-order valence-corrected chi connectivity index (χ2v) is 9.94. The molecule has 4 nitrogen and oxygen atoms in total. The molecule has 3 aromatic rings. The SMILES string of the molecule is O=C(c1cc2cc(Br)cc(Br)c2oc1=O)N1CCSC1c1ccc(Cl)cc1Cl. The smallest absolute Gasteiger partial charge is 0.349 e. The summed E-state index contributed by atoms with van der Waals surface area (Å²) >= 11 is 20.7. The average Bonchev–Trinajstić information content (AvgIpc) is 3.10. The Morgan fingerprint density at radius 3 is 2.71 bits per heavy atom. The molecule has 4 rings (SSSR count). The third kappa shape index (κ3) is 3.75. The zero-order valence-corrected chi connectivity index (χ0v) is 19.5. The molecule has 9 heteroatoms. The lowest BCUT2D eigenvalue weighted by Crippen LogP contribution is -2.33. The van der Waals surface area contributed by atoms with Crippen molar-refractivity contribution in [2.24, 2.45) is 0 Å². The third-order valence-electron chi connectivity index (χ3n) is 4.36. The topological polar surface area (TPSA) is 50.5 Å². The molecule has 28 heavy (non-hydrogen) atoms. The molecule has 1 unspecified atom stereocenters. The molecule has 1 atom stereocenters. The van der Waals surface area contributed by atoms with Gasteiger partial charge in [-0.1, -0.05) is 45.2 Å². The normalized spacial score (nSPS) is 16.7. The van der Waals surface area contributed by atoms with Crippen LogP contribution in [0.3, 0.4) is 0 Å². The highest BCUT2D eigenvalue weighted by molar-refractivity contribution is 9.11. The molecule has 1 aliphatic heterocycles. The molecule has 0 saturated carbocycles. The lowest BCUT2D eigenvalue weighted by atomic mass is 10.1. The number of benzene rings is 2. The summed E-state index contributed by atoms with van der Waals surface area (Å²) in [7, 11) is 0. The van der Waals surface area contributed by atoms with E-state index in [4.69, 9.17) is 27.6 Å². The van der Waals surface area contributed by atoms with Gasteiger partial charge in [-0.2, -0.15) is 0 Å². The molecule has 0 spiro atoms. The van der Waals surface area contributed by atoms with Gasteiger partial charge in [0.25, 0.3) is 5.91 Å². The first-order chi connectivity index (χ1) is 13.3. The standard InChI is InChI=1S/C19H11Br2Cl2NO3S/c20-10-5-9-6-13(19(26)27-16(9)14(21)7-10)17(25)24-3-4-28-18(24)12-2-1-11(22)8-15(12)23/h1-2,5-8,18H,3-4H2. The van der Waals surface area contributed by atoms with Gasteiger partial charge in [0.1, 0.15) is 10.9 Å². The molecule has 1 fully saturated rings. The molecule has 1 amide bonds. The van der Waals surface area contributed by atoms with Crippen LogP contribution in [0.1, 0.15) is 21.3 Å². The van der Waals surface area contributed by atoms with Gasteiger partial charge in [0.15, 0.2) is 5.58 Å². The van der Waals surface area contributed by atoms with E-state index < -0.39 is 5.63 Å². The van der Waals surface area contributed by atoms with Gasteiger partial charge < -0.3 is 9.32 Å². The number of hydrogen-bond acceptors (Lipinski definition) is 4. The second kappa shape index (κ2) is 8.03. The van der Waals surface area contributed by atoms with Crippen LogP contribution in [0.25, 0.3) is 11.0 Å². The van der Waals surface area contributed by atoms with E-state index in [2.05, 4.69) is 31.9 Å². The van der Waals surface area contributed by atoms with E-state index in [-0.39, 0.29) is 16.8 Å². The highest BCUT2D eigenvalue weighted by atomic mass is 79.9. The number of carbonyl (C=O) groups excluding carboxylic acids is 1. The van der Waals surface area contributed by atoms with Gasteiger partial charge >= 0.3 is 5.63 Å². The first kappa shape index (κ1) is 20.3. The van der Waals surface area contributed by atoms with E-state index in [1.165, 1.54) is 0 Å². The minimum Gasteiger partial charge on any atom is -0.421 e. The van der Waals surface area contributed by atoms with Crippen molar-refractivity contribution in [3.05, 3.63) is 76.9 Å². The van der Waals surface area contributed by atoms with Crippen molar-refractivity contribution in [2.45, 2.75) is 5.37 Å². The van der Waals surface area contributed by atoms with E-state index in [0.29, 0.717) is 32.0 Å². The van der Waals surface area contributed by atoms with Crippen molar-refractivity contribution >= 4 is 83.7 Å². The zero-order valence-electron chi connectivity index (χ0n) is 14.0. The van der Waals surface area contributed by atoms with Gasteiger partial charge in [-0.3, -0.25) is 4.79 Å². The highest BCUT2D eigenvalue weighted by Gasteiger charge is 2.34. The van der Waals surface area contributed by atoms with Gasteiger partial charge in [-0.05, 0) is 46.3 Å². The highest BCUT2D eigenvalue weighted by Crippen LogP contribution is 2.42. The number of hydrogen-bond donors (Lipinski definition) is 0. The van der Waals surface area contributed by atoms with Crippen LogP contribution in [0, 0.1) is 0 Å². The largest absolute Gasteiger partial charge is 0.421 e. The molecule has 0 N–H and O–H groups in total. The van der Waals surface area contributed by atoms with Gasteiger partial charge in [-0.15, -0.1) is 11.8 Å². The lowest BCUT2D eigenvalue weighted by molar-refractivity contribution is 0.0756. The Balaban J connectivity index is 1.76. The van der Waals surface area contributed by atoms with Gasteiger partial charge in [-0.25, -0.2) is 4.79 Å². The molecule has 0 radical (unpaired) electrons. The summed E-state index contributed by atoms with van der Waals surface area (Å²) in [6, 6.07) is 10.4. The van der Waals surface area contributed by atoms with Crippen molar-refractivity contribution in [1.29, 1.82) is 0 Å². The molecule has 0 aliphatic carbocycles. The fourth-order valence-electron chi connectivity index (χ4n) is 3.10. The summed E-state index contributed by atoms with van der Waals surface area (Å²) in [5.41, 5.74) is 0.517. The van der Waals surface area contributed by atoms with Crippen LogP contribution in [0.2, 0.25) is 10.0 Å². The number of rotatable bonds is 2. The number of fused-ring (bicyclic) bond motifs is 1. The van der Waals surface area contributed by atoms with Crippen molar-refractivity contribution in [2.75, 3.05) is 12.3 Å². The maximum absolute atomic E-state index is 13.2. The Morgan fingerprint density at radius 1 is 1.18 bits per heavy atom. The lowest BCUT2D eigenvalue weighted by Gasteiger charge is -2.24. The van der Waals surface area contributed by atoms with E-state index >= 15 is 0 Å². The molecule has 1 aromatic heterocycles. The molecule has 2 aromatic carbocycles. The summed E-state index contributed by atoms with van der Waals surface area (Å²) in [6.07, 6.45) is 0. The minimum absolute atomic E-state index is 0.00455. The Bertz CT molecular complexity index is 1170. The first-order valence-corrected chi connectivity index (χ1v) is 11.5. The second-order valence-electron chi connectivity index (χ2n) is 6.14. The molecule has 0 bridgehead atoms. The third-order valence-corrected chi connectivity index (χ3v) is 7.21. The number of thioether (sulfide) groups is 1. The molecular weight excluding hydrogens is 553 g/mol. The zero-order chi connectivity index (χ0) is 20.0. The quantitative estimate of drug-likeness (QED) is 0.333. The van der Waals surface area contributed by atoms with Crippen molar-refractivity contribution in [1.82, 2.24) is 4.90 Å². The van der Waals surface area contributed by atoms with Crippen LogP contribution in [-0.2, 0) is 0 Å². The summed E-state index contributed by atoms with van der Waals surface area (Å²) in [6.45, 7) is 0.507. The Kier molecular flexibility index (Phi) is 5.82. The molecule has 2 heterocycles. The fraction of sp³-hybridized carbons (Fsp3) is 0.158. The number of halogens is 4. The average molecular weight is 564 g/mol. The van der Waals surface area contributed by atoms with Crippen LogP contribution in [0.5, 0.6) is 0 Å². The summed E-state index contributed by atoms with van der Waals surface area (Å²) in [4.78, 5) is 27.4. The van der Waals surface area contributed by atoms with E-state index in [1.807, 2.05) is 6.07 Å². The van der Waals surface area contributed by atoms with E-state index in [9.17, 15) is 9.59 Å². The van der Waals surface area contributed by atoms with Gasteiger partial charge in [0.2, 0.25) is 0 Å². The number of amides is 1. The van der Waals surface area contributed by atoms with Crippen LogP contribution in [0.15, 0.2) is 54.6 Å². The van der Waals surface area contributed by atoms with Crippen molar-refractivity contribution in [3.63, 3.8) is 0 Å². The fourth-order valence-corrected chi connectivity index (χ4v) is 6.31. The van der Waals surface area contributed by atoms with Crippen molar-refractivity contribution < 1.29 is 9.21 Å². The van der Waals surface area contributed by atoms with Gasteiger partial charge in [0, 0.05) is 37.8 Å². The number of nitrogens with zero attached hydrogens (tertiary/aromatic N) is 1. The molecular formula is C19H11Br2Cl2NO3S. The number of carbonyl (C=O) groups is 1. The monoisotopic (exact) mass is 561 g/mol. The Hall–Kier alpha value is -0.990. The Labute approximate surface area is 191 Å². The first-order valence-electron chi connectivity index (χ1n) is 8.15. The van der Waals surface area contributed by atoms with Crippen LogP contribution in [-0.4, -0.2) is 23.1 Å². The van der Waals surface area contributed by atoms with Crippen LogP contribution >= 0.6 is 66.8 Å². The molecule has 1 saturated heterocycles. The van der Waals surface area contributed by atoms with Crippen molar-refractivity contribution in [3.8, 4) is 0 Å². The summed E-state index contributed by atoms with van der Waals surface area (Å²) in [5, 5.41) is 1.38. The summed E-state index contributed by atoms with van der Waals surface area (Å²) in [5.74, 6) is 0.360. The maximum atomic E-state index is 13.2. The van der Waals surface area contributed by atoms with E-state index in [0.717, 1.165) is 15.8 Å². The van der Waals surface area contributed by atoms with Gasteiger partial charge in [0.05, 0.1) is 4.47 Å². The molecule has 144 valence electrons. The van der Waals surface area contributed by atoms with E-state index in [1.54, 1.807) is 47.0 Å². The van der Waals surface area contributed by atoms with Crippen LogP contribution in [0.4, 0.5) is 0 Å². The predicted octanol–water partition coefficient (Wildman–Crippen LogP) is 6.51. The predicted molar refractivity (Wildman–Crippen MR) is 121 cm³/mol. The summed E-state index contributed by atoms with van der Waals surface area (Å²) < 4.78 is 6.86. The maximum Gasteiger partial charge on any atom is 0.349 e. The molecule has 1 aliphatic rings. The minimum atomic E-state index is -0.668. The Morgan fingerprint density at radius 2 is 1.96 bits per heavy atom.